The van der Waals surface area contributed by atoms with Crippen LogP contribution in [0.5, 0.6) is 0 Å². The van der Waals surface area contributed by atoms with E-state index in [0.29, 0.717) is 10.3 Å². The van der Waals surface area contributed by atoms with Crippen molar-refractivity contribution in [2.24, 2.45) is 5.92 Å². The number of aliphatic hydroxyl groups excluding tert-OH is 1. The lowest BCUT2D eigenvalue weighted by atomic mass is 10.1. The molecule has 0 radical (unpaired) electrons. The van der Waals surface area contributed by atoms with E-state index in [1.807, 2.05) is 0 Å². The van der Waals surface area contributed by atoms with E-state index in [0.717, 1.165) is 38.2 Å². The van der Waals surface area contributed by atoms with Crippen molar-refractivity contribution >= 4 is 23.1 Å². The molecular weight excluding hydrogens is 234 g/mol. The van der Waals surface area contributed by atoms with Crippen LogP contribution in [0.1, 0.15) is 18.5 Å². The maximum Gasteiger partial charge on any atom is 0.138 e. The van der Waals surface area contributed by atoms with Gasteiger partial charge < -0.3 is 5.11 Å². The zero-order chi connectivity index (χ0) is 10.7. The first kappa shape index (κ1) is 11.3. The van der Waals surface area contributed by atoms with Gasteiger partial charge in [0.1, 0.15) is 10.0 Å². The van der Waals surface area contributed by atoms with Crippen molar-refractivity contribution < 1.29 is 5.11 Å². The van der Waals surface area contributed by atoms with Gasteiger partial charge in [0.05, 0.1) is 0 Å². The molecule has 0 saturated carbocycles. The molecule has 1 aromatic rings. The van der Waals surface area contributed by atoms with Gasteiger partial charge in [0.25, 0.3) is 0 Å². The number of hydrogen-bond donors (Lipinski definition) is 1. The Morgan fingerprint density at radius 1 is 1.60 bits per heavy atom. The highest BCUT2D eigenvalue weighted by Crippen LogP contribution is 2.24. The second-order valence-electron chi connectivity index (χ2n) is 3.90. The highest BCUT2D eigenvalue weighted by molar-refractivity contribution is 7.10. The average molecular weight is 248 g/mol. The normalized spacial score (nSPS) is 22.4. The molecule has 2 heterocycles. The van der Waals surface area contributed by atoms with Crippen LogP contribution in [0.2, 0.25) is 4.34 Å². The Hall–Kier alpha value is -0.230. The summed E-state index contributed by atoms with van der Waals surface area (Å²) in [6.45, 7) is 3.18. The number of rotatable bonds is 4. The summed E-state index contributed by atoms with van der Waals surface area (Å²) in [6.07, 6.45) is 2.06. The SMILES string of the molecule is OCCC1CCN(Cc2nnsc2Cl)C1. The minimum absolute atomic E-state index is 0.289. The van der Waals surface area contributed by atoms with Crippen LogP contribution < -0.4 is 0 Å². The van der Waals surface area contributed by atoms with E-state index in [1.165, 1.54) is 11.5 Å². The summed E-state index contributed by atoms with van der Waals surface area (Å²) in [5.41, 5.74) is 0.881. The Kier molecular flexibility index (Phi) is 3.91. The predicted octanol–water partition coefficient (Wildman–Crippen LogP) is 1.40. The molecule has 1 aliphatic rings. The van der Waals surface area contributed by atoms with Crippen LogP contribution in [0, 0.1) is 5.92 Å². The van der Waals surface area contributed by atoms with Crippen molar-refractivity contribution in [1.29, 1.82) is 0 Å². The van der Waals surface area contributed by atoms with Gasteiger partial charge in [0.15, 0.2) is 0 Å². The summed E-state index contributed by atoms with van der Waals surface area (Å²) in [5.74, 6) is 0.625. The second-order valence-corrected chi connectivity index (χ2v) is 5.25. The molecule has 84 valence electrons. The third kappa shape index (κ3) is 2.87. The molecule has 0 amide bonds. The summed E-state index contributed by atoms with van der Waals surface area (Å²) >= 11 is 7.18. The Morgan fingerprint density at radius 3 is 3.13 bits per heavy atom. The molecule has 1 fully saturated rings. The minimum atomic E-state index is 0.289. The third-order valence-electron chi connectivity index (χ3n) is 2.79. The molecule has 0 spiro atoms. The van der Waals surface area contributed by atoms with Crippen molar-refractivity contribution in [1.82, 2.24) is 14.5 Å². The monoisotopic (exact) mass is 247 g/mol. The summed E-state index contributed by atoms with van der Waals surface area (Å²) in [5, 5.41) is 12.8. The van der Waals surface area contributed by atoms with Gasteiger partial charge in [-0.1, -0.05) is 16.1 Å². The molecule has 0 aliphatic carbocycles. The highest BCUT2D eigenvalue weighted by Gasteiger charge is 2.23. The fraction of sp³-hybridized carbons (Fsp3) is 0.778. The Morgan fingerprint density at radius 2 is 2.47 bits per heavy atom. The fourth-order valence-electron chi connectivity index (χ4n) is 1.98. The fourth-order valence-corrected chi connectivity index (χ4v) is 2.59. The van der Waals surface area contributed by atoms with E-state index in [-0.39, 0.29) is 6.61 Å². The summed E-state index contributed by atoms with van der Waals surface area (Å²) in [6, 6.07) is 0. The van der Waals surface area contributed by atoms with Crippen molar-refractivity contribution in [2.45, 2.75) is 19.4 Å². The van der Waals surface area contributed by atoms with Gasteiger partial charge >= 0.3 is 0 Å². The molecule has 2 rings (SSSR count). The highest BCUT2D eigenvalue weighted by atomic mass is 35.5. The summed E-state index contributed by atoms with van der Waals surface area (Å²) < 4.78 is 4.51. The first-order valence-electron chi connectivity index (χ1n) is 5.09. The summed E-state index contributed by atoms with van der Waals surface area (Å²) in [4.78, 5) is 2.32. The molecule has 1 saturated heterocycles. The van der Waals surface area contributed by atoms with Crippen LogP contribution >= 0.6 is 23.1 Å². The van der Waals surface area contributed by atoms with E-state index < -0.39 is 0 Å². The average Bonchev–Trinajstić information content (AvgIpc) is 2.79. The Labute approximate surface area is 98.0 Å². The topological polar surface area (TPSA) is 49.2 Å². The zero-order valence-electron chi connectivity index (χ0n) is 8.40. The lowest BCUT2D eigenvalue weighted by Gasteiger charge is -2.13. The molecule has 1 aliphatic heterocycles. The van der Waals surface area contributed by atoms with E-state index in [9.17, 15) is 0 Å². The zero-order valence-corrected chi connectivity index (χ0v) is 9.97. The molecule has 1 atom stereocenters. The quantitative estimate of drug-likeness (QED) is 0.874. The predicted molar refractivity (Wildman–Crippen MR) is 60.0 cm³/mol. The van der Waals surface area contributed by atoms with E-state index in [4.69, 9.17) is 16.7 Å². The van der Waals surface area contributed by atoms with Crippen molar-refractivity contribution in [2.75, 3.05) is 19.7 Å². The first-order valence-corrected chi connectivity index (χ1v) is 6.24. The number of aliphatic hydroxyl groups is 1. The van der Waals surface area contributed by atoms with Crippen LogP contribution in [0.3, 0.4) is 0 Å². The van der Waals surface area contributed by atoms with Gasteiger partial charge in [0, 0.05) is 31.2 Å². The molecule has 1 unspecified atom stereocenters. The number of hydrogen-bond acceptors (Lipinski definition) is 5. The third-order valence-corrected chi connectivity index (χ3v) is 3.77. The van der Waals surface area contributed by atoms with Crippen molar-refractivity contribution in [3.8, 4) is 0 Å². The number of halogens is 1. The van der Waals surface area contributed by atoms with Gasteiger partial charge in [0.2, 0.25) is 0 Å². The number of aromatic nitrogens is 2. The van der Waals surface area contributed by atoms with Crippen molar-refractivity contribution in [3.05, 3.63) is 10.0 Å². The van der Waals surface area contributed by atoms with Crippen LogP contribution in [0.15, 0.2) is 0 Å². The number of nitrogens with zero attached hydrogens (tertiary/aromatic N) is 3. The van der Waals surface area contributed by atoms with Gasteiger partial charge in [-0.25, -0.2) is 0 Å². The lowest BCUT2D eigenvalue weighted by Crippen LogP contribution is -2.20. The van der Waals surface area contributed by atoms with Crippen LogP contribution in [0.25, 0.3) is 0 Å². The van der Waals surface area contributed by atoms with Gasteiger partial charge in [-0.3, -0.25) is 4.90 Å². The van der Waals surface area contributed by atoms with Crippen molar-refractivity contribution in [3.63, 3.8) is 0 Å². The maximum atomic E-state index is 8.85. The molecular formula is C9H14ClN3OS. The van der Waals surface area contributed by atoms with Crippen LogP contribution in [-0.2, 0) is 6.54 Å². The molecule has 15 heavy (non-hydrogen) atoms. The lowest BCUT2D eigenvalue weighted by molar-refractivity contribution is 0.249. The van der Waals surface area contributed by atoms with E-state index >= 15 is 0 Å². The Balaban J connectivity index is 1.85. The standard InChI is InChI=1S/C9H14ClN3OS/c10-9-8(11-12-15-9)6-13-3-1-7(5-13)2-4-14/h7,14H,1-6H2. The van der Waals surface area contributed by atoms with Crippen LogP contribution in [0.4, 0.5) is 0 Å². The maximum absolute atomic E-state index is 8.85. The largest absolute Gasteiger partial charge is 0.396 e. The van der Waals surface area contributed by atoms with Gasteiger partial charge in [-0.15, -0.1) is 5.10 Å². The first-order chi connectivity index (χ1) is 7.29. The molecule has 1 aromatic heterocycles. The van der Waals surface area contributed by atoms with Gasteiger partial charge in [-0.2, -0.15) is 0 Å². The van der Waals surface area contributed by atoms with E-state index in [1.54, 1.807) is 0 Å². The van der Waals surface area contributed by atoms with E-state index in [2.05, 4.69) is 14.5 Å². The molecule has 4 nitrogen and oxygen atoms in total. The minimum Gasteiger partial charge on any atom is -0.396 e. The second kappa shape index (κ2) is 5.21. The smallest absolute Gasteiger partial charge is 0.138 e. The molecule has 0 aromatic carbocycles. The summed E-state index contributed by atoms with van der Waals surface area (Å²) in [7, 11) is 0. The van der Waals surface area contributed by atoms with Gasteiger partial charge in [-0.05, 0) is 25.3 Å². The number of likely N-dealkylation sites (tertiary alicyclic amines) is 1. The van der Waals surface area contributed by atoms with Crippen LogP contribution in [-0.4, -0.2) is 39.3 Å². The molecule has 1 N–H and O–H groups in total. The molecule has 6 heteroatoms. The molecule has 0 bridgehead atoms. The Bertz CT molecular complexity index is 320.